The first-order valence-corrected chi connectivity index (χ1v) is 4.46. The maximum atomic E-state index is 11.6. The average Bonchev–Trinajstić information content (AvgIpc) is 2.01. The van der Waals surface area contributed by atoms with E-state index >= 15 is 0 Å². The number of nitrogens with zero attached hydrogens (tertiary/aromatic N) is 3. The number of hydrazine groups is 2. The molecule has 1 aliphatic rings. The third-order valence-corrected chi connectivity index (χ3v) is 2.15. The van der Waals surface area contributed by atoms with Crippen LogP contribution in [0.25, 0.3) is 0 Å². The molecule has 1 unspecified atom stereocenters. The van der Waals surface area contributed by atoms with Crippen LogP contribution in [0.3, 0.4) is 0 Å². The van der Waals surface area contributed by atoms with Gasteiger partial charge in [0.2, 0.25) is 0 Å². The van der Waals surface area contributed by atoms with E-state index in [4.69, 9.17) is 0 Å². The van der Waals surface area contributed by atoms with Crippen LogP contribution in [-0.4, -0.2) is 40.5 Å². The molecule has 1 rings (SSSR count). The molecule has 0 bridgehead atoms. The van der Waals surface area contributed by atoms with E-state index in [1.807, 2.05) is 20.8 Å². The van der Waals surface area contributed by atoms with Gasteiger partial charge < -0.3 is 0 Å². The Morgan fingerprint density at radius 1 is 1.54 bits per heavy atom. The maximum Gasteiger partial charge on any atom is 0.290 e. The first-order valence-electron chi connectivity index (χ1n) is 4.46. The van der Waals surface area contributed by atoms with Crippen molar-refractivity contribution < 1.29 is 9.77 Å². The van der Waals surface area contributed by atoms with E-state index in [2.05, 4.69) is 0 Å². The van der Waals surface area contributed by atoms with Gasteiger partial charge in [-0.05, 0) is 18.9 Å². The van der Waals surface area contributed by atoms with Gasteiger partial charge in [0.1, 0.15) is 0 Å². The predicted molar refractivity (Wildman–Crippen MR) is 47.4 cm³/mol. The topological polar surface area (TPSA) is 43.6 Å². The van der Waals surface area contributed by atoms with Gasteiger partial charge >= 0.3 is 0 Å². The SMILES string of the molecule is CC1CN(C)[N+](=O)N(C(C)C)C1=O. The second-order valence-corrected chi connectivity index (χ2v) is 3.77. The summed E-state index contributed by atoms with van der Waals surface area (Å²) < 4.78 is 0. The van der Waals surface area contributed by atoms with E-state index < -0.39 is 0 Å². The number of hydrogen-bond acceptors (Lipinski definition) is 2. The van der Waals surface area contributed by atoms with Crippen molar-refractivity contribution in [3.8, 4) is 0 Å². The lowest BCUT2D eigenvalue weighted by Crippen LogP contribution is -2.58. The summed E-state index contributed by atoms with van der Waals surface area (Å²) in [4.78, 5) is 23.7. The quantitative estimate of drug-likeness (QED) is 0.557. The fraction of sp³-hybridized carbons (Fsp3) is 0.875. The molecular formula is C8H16N3O2+. The second kappa shape index (κ2) is 3.32. The molecule has 1 amide bonds. The molecule has 0 aromatic carbocycles. The van der Waals surface area contributed by atoms with Gasteiger partial charge in [0.15, 0.2) is 0 Å². The lowest BCUT2D eigenvalue weighted by molar-refractivity contribution is -0.823. The average molecular weight is 186 g/mol. The molecule has 5 heteroatoms. The summed E-state index contributed by atoms with van der Waals surface area (Å²) >= 11 is 0. The van der Waals surface area contributed by atoms with Crippen molar-refractivity contribution in [3.05, 3.63) is 4.91 Å². The standard InChI is InChI=1S/C8H16N3O2/c1-6(2)10-8(12)7(3)5-9(4)11(10)13/h6-7H,5H2,1-4H3/q+1. The highest BCUT2D eigenvalue weighted by Gasteiger charge is 2.43. The number of nitroso groups, excluding NO2 is 1. The van der Waals surface area contributed by atoms with Crippen LogP contribution < -0.4 is 0 Å². The monoisotopic (exact) mass is 186 g/mol. The number of carbonyl (C=O) groups excluding carboxylic acids is 1. The van der Waals surface area contributed by atoms with Crippen LogP contribution in [0.15, 0.2) is 0 Å². The molecule has 74 valence electrons. The highest BCUT2D eigenvalue weighted by Crippen LogP contribution is 2.15. The van der Waals surface area contributed by atoms with E-state index in [0.717, 1.165) is 0 Å². The van der Waals surface area contributed by atoms with E-state index in [1.165, 1.54) is 10.0 Å². The Labute approximate surface area is 77.8 Å². The zero-order chi connectivity index (χ0) is 10.2. The van der Waals surface area contributed by atoms with Gasteiger partial charge in [-0.2, -0.15) is 0 Å². The van der Waals surface area contributed by atoms with Crippen LogP contribution in [0.1, 0.15) is 20.8 Å². The van der Waals surface area contributed by atoms with Crippen molar-refractivity contribution in [2.45, 2.75) is 26.8 Å². The van der Waals surface area contributed by atoms with E-state index in [1.54, 1.807) is 7.05 Å². The summed E-state index contributed by atoms with van der Waals surface area (Å²) in [5.41, 5.74) is 0. The molecule has 0 radical (unpaired) electrons. The number of amides is 1. The number of rotatable bonds is 1. The highest BCUT2D eigenvalue weighted by molar-refractivity contribution is 5.78. The van der Waals surface area contributed by atoms with Crippen LogP contribution in [0.2, 0.25) is 0 Å². The van der Waals surface area contributed by atoms with Crippen LogP contribution in [0, 0.1) is 10.8 Å². The minimum absolute atomic E-state index is 0.0878. The van der Waals surface area contributed by atoms with E-state index in [-0.39, 0.29) is 17.9 Å². The van der Waals surface area contributed by atoms with Crippen molar-refractivity contribution in [1.82, 2.24) is 10.0 Å². The molecule has 1 saturated heterocycles. The van der Waals surface area contributed by atoms with Gasteiger partial charge in [0.05, 0.1) is 30.5 Å². The number of hydrogen-bond donors (Lipinski definition) is 0. The van der Waals surface area contributed by atoms with Gasteiger partial charge in [-0.15, -0.1) is 5.01 Å². The molecular weight excluding hydrogens is 170 g/mol. The molecule has 0 aromatic rings. The predicted octanol–water partition coefficient (Wildman–Crippen LogP) is 0.414. The van der Waals surface area contributed by atoms with E-state index in [0.29, 0.717) is 11.5 Å². The fourth-order valence-corrected chi connectivity index (χ4v) is 1.47. The largest absolute Gasteiger partial charge is 0.290 e. The zero-order valence-corrected chi connectivity index (χ0v) is 8.52. The molecule has 1 aliphatic heterocycles. The minimum atomic E-state index is -0.0994. The third-order valence-electron chi connectivity index (χ3n) is 2.15. The van der Waals surface area contributed by atoms with Gasteiger partial charge in [0.25, 0.3) is 10.9 Å². The Balaban J connectivity index is 2.89. The Hall–Kier alpha value is -1.13. The zero-order valence-electron chi connectivity index (χ0n) is 8.52. The van der Waals surface area contributed by atoms with Crippen molar-refractivity contribution in [3.63, 3.8) is 0 Å². The van der Waals surface area contributed by atoms with Crippen molar-refractivity contribution >= 4 is 5.91 Å². The van der Waals surface area contributed by atoms with Crippen LogP contribution in [0.5, 0.6) is 0 Å². The lowest BCUT2D eigenvalue weighted by atomic mass is 10.1. The summed E-state index contributed by atoms with van der Waals surface area (Å²) in [6.07, 6.45) is 0. The molecule has 0 spiro atoms. The van der Waals surface area contributed by atoms with Gasteiger partial charge in [-0.25, -0.2) is 0 Å². The van der Waals surface area contributed by atoms with Gasteiger partial charge in [0, 0.05) is 0 Å². The van der Waals surface area contributed by atoms with Gasteiger partial charge in [-0.1, -0.05) is 6.92 Å². The highest BCUT2D eigenvalue weighted by atomic mass is 16.4. The van der Waals surface area contributed by atoms with Crippen molar-refractivity contribution in [1.29, 1.82) is 0 Å². The third kappa shape index (κ3) is 1.64. The van der Waals surface area contributed by atoms with Crippen molar-refractivity contribution in [2.75, 3.05) is 13.6 Å². The molecule has 0 aliphatic carbocycles. The minimum Gasteiger partial charge on any atom is -0.268 e. The normalized spacial score (nSPS) is 24.5. The van der Waals surface area contributed by atoms with Crippen LogP contribution >= 0.6 is 0 Å². The Kier molecular flexibility index (Phi) is 2.54. The first kappa shape index (κ1) is 9.95. The second-order valence-electron chi connectivity index (χ2n) is 3.77. The molecule has 1 fully saturated rings. The van der Waals surface area contributed by atoms with E-state index in [9.17, 15) is 9.70 Å². The van der Waals surface area contributed by atoms with Crippen LogP contribution in [-0.2, 0) is 4.79 Å². The molecule has 1 atom stereocenters. The van der Waals surface area contributed by atoms with Crippen LogP contribution in [0.4, 0.5) is 0 Å². The Morgan fingerprint density at radius 2 is 2.08 bits per heavy atom. The van der Waals surface area contributed by atoms with Crippen molar-refractivity contribution in [2.24, 2.45) is 5.92 Å². The molecule has 0 saturated carbocycles. The Morgan fingerprint density at radius 3 is 2.54 bits per heavy atom. The lowest BCUT2D eigenvalue weighted by Gasteiger charge is -2.27. The fourth-order valence-electron chi connectivity index (χ4n) is 1.47. The first-order chi connectivity index (χ1) is 5.95. The summed E-state index contributed by atoms with van der Waals surface area (Å²) in [6.45, 7) is 5.98. The summed E-state index contributed by atoms with van der Waals surface area (Å²) in [7, 11) is 1.69. The Bertz CT molecular complexity index is 220. The molecule has 0 aromatic heterocycles. The summed E-state index contributed by atoms with van der Waals surface area (Å²) in [5, 5.41) is 2.75. The molecule has 1 heterocycles. The summed E-state index contributed by atoms with van der Waals surface area (Å²) in [5.74, 6) is -0.194. The maximum absolute atomic E-state index is 11.6. The molecule has 5 nitrogen and oxygen atoms in total. The molecule has 13 heavy (non-hydrogen) atoms. The summed E-state index contributed by atoms with van der Waals surface area (Å²) in [6, 6.07) is -0.0878. The smallest absolute Gasteiger partial charge is 0.268 e. The molecule has 0 N–H and O–H groups in total. The van der Waals surface area contributed by atoms with Gasteiger partial charge in [-0.3, -0.25) is 4.79 Å². The number of carbonyl (C=O) groups is 1.